The third-order valence-electron chi connectivity index (χ3n) is 3.15. The van der Waals surface area contributed by atoms with Gasteiger partial charge in [-0.2, -0.15) is 13.4 Å². The summed E-state index contributed by atoms with van der Waals surface area (Å²) in [4.78, 5) is 0. The lowest BCUT2D eigenvalue weighted by atomic mass is 10.0. The Morgan fingerprint density at radius 1 is 1.38 bits per heavy atom. The van der Waals surface area contributed by atoms with E-state index in [1.165, 1.54) is 13.1 Å². The van der Waals surface area contributed by atoms with Gasteiger partial charge < -0.3 is 5.73 Å². The molecule has 0 bridgehead atoms. The first-order chi connectivity index (χ1) is 10.0. The zero-order chi connectivity index (χ0) is 15.0. The molecule has 1 aromatic carbocycles. The van der Waals surface area contributed by atoms with Crippen LogP contribution in [0.15, 0.2) is 42.5 Å². The highest BCUT2D eigenvalue weighted by atomic mass is 32.2. The predicted octanol–water partition coefficient (Wildman–Crippen LogP) is 0.289. The quantitative estimate of drug-likeness (QED) is 0.781. The van der Waals surface area contributed by atoms with Gasteiger partial charge in [0.1, 0.15) is 6.20 Å². The maximum Gasteiger partial charge on any atom is 0.340 e. The molecule has 3 N–H and O–H groups in total. The lowest BCUT2D eigenvalue weighted by Gasteiger charge is -2.26. The Hall–Kier alpha value is -2.48. The van der Waals surface area contributed by atoms with Crippen LogP contribution in [0.5, 0.6) is 0 Å². The second kappa shape index (κ2) is 4.81. The Morgan fingerprint density at radius 2 is 2.14 bits per heavy atom. The molecule has 0 amide bonds. The van der Waals surface area contributed by atoms with Crippen molar-refractivity contribution in [2.24, 2.45) is 5.73 Å². The van der Waals surface area contributed by atoms with Crippen LogP contribution in [-0.2, 0) is 14.4 Å². The van der Waals surface area contributed by atoms with Gasteiger partial charge in [0.15, 0.2) is 0 Å². The summed E-state index contributed by atoms with van der Waals surface area (Å²) in [5.41, 5.74) is 10.6. The van der Waals surface area contributed by atoms with Crippen LogP contribution in [0, 0.1) is 0 Å². The third-order valence-corrected chi connectivity index (χ3v) is 4.24. The average molecular weight is 307 g/mol. The summed E-state index contributed by atoms with van der Waals surface area (Å²) in [6, 6.07) is 7.57. The highest BCUT2D eigenvalue weighted by Gasteiger charge is 2.34. The second-order valence-electron chi connectivity index (χ2n) is 4.51. The molecule has 8 heteroatoms. The third kappa shape index (κ3) is 2.33. The summed E-state index contributed by atoms with van der Waals surface area (Å²) in [5, 5.41) is 1.64. The number of hydrogen-bond donors (Lipinski definition) is 2. The fraction of sp³-hybridized carbons (Fsp3) is 0.154. The molecular weight excluding hydrogens is 292 g/mol. The minimum atomic E-state index is -3.70. The summed E-state index contributed by atoms with van der Waals surface area (Å²) in [7, 11) is -3.70. The maximum atomic E-state index is 11.8. The zero-order valence-electron chi connectivity index (χ0n) is 11.4. The Labute approximate surface area is 122 Å². The number of nitrogens with two attached hydrogens (primary N) is 1. The fourth-order valence-corrected chi connectivity index (χ4v) is 2.56. The normalized spacial score (nSPS) is 16.8. The highest BCUT2D eigenvalue weighted by Crippen LogP contribution is 2.21. The molecule has 0 saturated carbocycles. The molecule has 0 radical (unpaired) electrons. The smallest absolute Gasteiger partial charge is 0.314 e. The van der Waals surface area contributed by atoms with Crippen LogP contribution in [0.4, 0.5) is 0 Å². The Kier molecular flexibility index (Phi) is 3.09. The van der Waals surface area contributed by atoms with E-state index in [9.17, 15) is 8.42 Å². The van der Waals surface area contributed by atoms with Crippen LogP contribution in [0.1, 0.15) is 18.1 Å². The van der Waals surface area contributed by atoms with Crippen molar-refractivity contribution in [2.75, 3.05) is 5.75 Å². The first-order valence-corrected chi connectivity index (χ1v) is 7.97. The Morgan fingerprint density at radius 3 is 2.90 bits per heavy atom. The first kappa shape index (κ1) is 13.5. The van der Waals surface area contributed by atoms with Gasteiger partial charge in [0.2, 0.25) is 0 Å². The van der Waals surface area contributed by atoms with E-state index in [1.807, 2.05) is 30.3 Å². The summed E-state index contributed by atoms with van der Waals surface area (Å²) < 4.78 is 29.8. The molecule has 0 unspecified atom stereocenters. The summed E-state index contributed by atoms with van der Waals surface area (Å²) >= 11 is 0. The van der Waals surface area contributed by atoms with E-state index < -0.39 is 10.1 Å². The molecule has 110 valence electrons. The van der Waals surface area contributed by atoms with Crippen molar-refractivity contribution in [1.29, 1.82) is 0 Å². The molecule has 2 aliphatic rings. The molecule has 0 aromatic heterocycles. The van der Waals surface area contributed by atoms with E-state index in [1.54, 1.807) is 11.2 Å². The number of hydrazine groups is 1. The van der Waals surface area contributed by atoms with E-state index in [0.717, 1.165) is 15.9 Å². The van der Waals surface area contributed by atoms with Gasteiger partial charge in [-0.15, -0.1) is 0 Å². The van der Waals surface area contributed by atoms with Gasteiger partial charge in [-0.1, -0.05) is 18.2 Å². The summed E-state index contributed by atoms with van der Waals surface area (Å²) in [6.45, 7) is 1.51. The van der Waals surface area contributed by atoms with Gasteiger partial charge >= 0.3 is 10.1 Å². The Bertz CT molecular complexity index is 780. The van der Waals surface area contributed by atoms with Crippen molar-refractivity contribution in [3.8, 4) is 0 Å². The highest BCUT2D eigenvalue weighted by molar-refractivity contribution is 7.86. The van der Waals surface area contributed by atoms with E-state index in [-0.39, 0.29) is 11.6 Å². The zero-order valence-corrected chi connectivity index (χ0v) is 12.2. The lowest BCUT2D eigenvalue weighted by molar-refractivity contribution is -0.712. The van der Waals surface area contributed by atoms with Gasteiger partial charge in [-0.3, -0.25) is 0 Å². The molecular formula is C13H15N4O3S+. The average Bonchev–Trinajstić information content (AvgIpc) is 2.49. The molecule has 0 atom stereocenters. The van der Waals surface area contributed by atoms with Gasteiger partial charge in [0.05, 0.1) is 17.5 Å². The molecule has 21 heavy (non-hydrogen) atoms. The van der Waals surface area contributed by atoms with E-state index in [4.69, 9.17) is 10.0 Å². The Balaban J connectivity index is 2.20. The van der Waals surface area contributed by atoms with Gasteiger partial charge in [-0.25, -0.2) is 9.71 Å². The number of nitrogens with zero attached hydrogens (tertiary/aromatic N) is 2. The lowest BCUT2D eigenvalue weighted by Crippen LogP contribution is -2.49. The number of hydroxylamine groups is 1. The number of fused-ring (bicyclic) bond motifs is 3. The van der Waals surface area contributed by atoms with Crippen molar-refractivity contribution < 1.29 is 17.4 Å². The van der Waals surface area contributed by atoms with Crippen LogP contribution < -0.4 is 11.2 Å². The molecule has 0 fully saturated rings. The van der Waals surface area contributed by atoms with Crippen LogP contribution in [-0.4, -0.2) is 29.8 Å². The molecule has 0 saturated heterocycles. The first-order valence-electron chi connectivity index (χ1n) is 6.40. The summed E-state index contributed by atoms with van der Waals surface area (Å²) in [6.07, 6.45) is 5.15. The maximum absolute atomic E-state index is 11.8. The monoisotopic (exact) mass is 307 g/mol. The number of nitrogens with one attached hydrogen (secondary N) is 1. The van der Waals surface area contributed by atoms with E-state index in [2.05, 4.69) is 5.43 Å². The standard InChI is InChI=1S/C13H15N4O3S/c1-2-21(18,19)20-17-12(14)9-15-16-8-7-10-5-3-4-6-11(10)13(16)17/h3-9,15H,2,14H2,1H3/q+1. The number of benzene rings is 1. The van der Waals surface area contributed by atoms with Crippen LogP contribution in [0.3, 0.4) is 0 Å². The molecule has 0 aliphatic carbocycles. The van der Waals surface area contributed by atoms with E-state index in [0.29, 0.717) is 5.84 Å². The van der Waals surface area contributed by atoms with Crippen molar-refractivity contribution in [3.63, 3.8) is 0 Å². The topological polar surface area (TPSA) is 87.7 Å². The van der Waals surface area contributed by atoms with E-state index >= 15 is 0 Å². The van der Waals surface area contributed by atoms with Crippen LogP contribution in [0.2, 0.25) is 0 Å². The van der Waals surface area contributed by atoms with Gasteiger partial charge in [0.25, 0.3) is 11.7 Å². The van der Waals surface area contributed by atoms with Crippen LogP contribution >= 0.6 is 0 Å². The van der Waals surface area contributed by atoms with Crippen molar-refractivity contribution in [3.05, 3.63) is 53.6 Å². The SMILES string of the molecule is CCS(=O)(=O)O[N+]1=C2c3ccccc3C=CN2NC=C1N. The number of rotatable bonds is 3. The van der Waals surface area contributed by atoms with Crippen LogP contribution in [0.25, 0.3) is 6.08 Å². The van der Waals surface area contributed by atoms with Gasteiger partial charge in [-0.05, 0) is 29.4 Å². The predicted molar refractivity (Wildman–Crippen MR) is 77.6 cm³/mol. The fourth-order valence-electron chi connectivity index (χ4n) is 2.07. The van der Waals surface area contributed by atoms with Gasteiger partial charge in [0, 0.05) is 0 Å². The number of hydrogen-bond acceptors (Lipinski definition) is 6. The minimum Gasteiger partial charge on any atom is -0.314 e. The van der Waals surface area contributed by atoms with Crippen molar-refractivity contribution in [2.45, 2.75) is 6.92 Å². The molecule has 0 spiro atoms. The number of amidine groups is 1. The molecule has 3 rings (SSSR count). The largest absolute Gasteiger partial charge is 0.340 e. The molecule has 7 nitrogen and oxygen atoms in total. The molecule has 2 aliphatic heterocycles. The molecule has 2 heterocycles. The second-order valence-corrected chi connectivity index (χ2v) is 6.35. The van der Waals surface area contributed by atoms with Crippen molar-refractivity contribution in [1.82, 2.24) is 10.4 Å². The van der Waals surface area contributed by atoms with Crippen molar-refractivity contribution >= 4 is 22.0 Å². The molecule has 1 aromatic rings. The summed E-state index contributed by atoms with van der Waals surface area (Å²) in [5.74, 6) is 0.517. The minimum absolute atomic E-state index is 0.144.